The lowest BCUT2D eigenvalue weighted by atomic mass is 9.69. The van der Waals surface area contributed by atoms with Gasteiger partial charge in [0.2, 0.25) is 0 Å². The summed E-state index contributed by atoms with van der Waals surface area (Å²) in [4.78, 5) is 0. The van der Waals surface area contributed by atoms with Crippen molar-refractivity contribution >= 4 is 0 Å². The van der Waals surface area contributed by atoms with Crippen LogP contribution in [0.5, 0.6) is 11.5 Å². The first-order valence-electron chi connectivity index (χ1n) is 27.2. The lowest BCUT2D eigenvalue weighted by Crippen LogP contribution is -2.33. The number of unbranched alkanes of at least 4 members (excludes halogenated alkanes) is 9. The summed E-state index contributed by atoms with van der Waals surface area (Å²) in [7, 11) is 0. The minimum atomic E-state index is -4.49. The summed E-state index contributed by atoms with van der Waals surface area (Å²) in [6.45, 7) is 4.54. The predicted octanol–water partition coefficient (Wildman–Crippen LogP) is 18.9. The molecule has 0 atom stereocenters. The molecular weight excluding hydrogens is 893 g/mol. The van der Waals surface area contributed by atoms with E-state index in [2.05, 4.69) is 47.0 Å². The van der Waals surface area contributed by atoms with Crippen LogP contribution in [0.25, 0.3) is 0 Å². The summed E-state index contributed by atoms with van der Waals surface area (Å²) in [5, 5.41) is 0. The molecule has 4 aliphatic rings. The number of rotatable bonds is 21. The van der Waals surface area contributed by atoms with Crippen molar-refractivity contribution < 1.29 is 44.6 Å². The second-order valence-corrected chi connectivity index (χ2v) is 21.1. The Morgan fingerprint density at radius 1 is 0.420 bits per heavy atom. The third kappa shape index (κ3) is 20.3. The van der Waals surface area contributed by atoms with Crippen molar-refractivity contribution in [3.63, 3.8) is 0 Å². The highest BCUT2D eigenvalue weighted by molar-refractivity contribution is 5.39. The van der Waals surface area contributed by atoms with E-state index in [0.29, 0.717) is 23.0 Å². The van der Waals surface area contributed by atoms with Crippen LogP contribution in [0.1, 0.15) is 211 Å². The second-order valence-electron chi connectivity index (χ2n) is 21.1. The van der Waals surface area contributed by atoms with E-state index in [1.165, 1.54) is 197 Å². The van der Waals surface area contributed by atoms with Gasteiger partial charge in [0.25, 0.3) is 0 Å². The molecule has 2 aromatic rings. The van der Waals surface area contributed by atoms with Gasteiger partial charge in [0.15, 0.2) is 0 Å². The zero-order valence-electron chi connectivity index (χ0n) is 41.7. The number of benzene rings is 2. The summed E-state index contributed by atoms with van der Waals surface area (Å²) >= 11 is 0. The molecule has 0 unspecified atom stereocenters. The molecule has 0 aromatic heterocycles. The predicted molar refractivity (Wildman–Crippen MR) is 263 cm³/mol. The Morgan fingerprint density at radius 2 is 0.710 bits per heavy atom. The van der Waals surface area contributed by atoms with E-state index in [0.717, 1.165) is 61.2 Å². The smallest absolute Gasteiger partial charge is 0.428 e. The molecule has 2 aromatic carbocycles. The Balaban J connectivity index is 0.000000258. The Morgan fingerprint density at radius 3 is 1.01 bits per heavy atom. The van der Waals surface area contributed by atoms with Gasteiger partial charge in [0.1, 0.15) is 11.5 Å². The number of ether oxygens (including phenoxy) is 2. The molecule has 4 fully saturated rings. The van der Waals surface area contributed by atoms with Crippen LogP contribution in [-0.2, 0) is 0 Å². The molecule has 6 rings (SSSR count). The van der Waals surface area contributed by atoms with Gasteiger partial charge >= 0.3 is 25.1 Å². The van der Waals surface area contributed by atoms with Crippen LogP contribution in [0.15, 0.2) is 48.5 Å². The van der Waals surface area contributed by atoms with Gasteiger partial charge in [-0.2, -0.15) is 35.1 Å². The van der Waals surface area contributed by atoms with Crippen LogP contribution in [-0.4, -0.2) is 25.1 Å². The van der Waals surface area contributed by atoms with E-state index < -0.39 is 25.1 Å². The van der Waals surface area contributed by atoms with E-state index in [4.69, 9.17) is 0 Å². The number of alkyl halides is 8. The zero-order valence-corrected chi connectivity index (χ0v) is 41.7. The van der Waals surface area contributed by atoms with Gasteiger partial charge in [-0.05, 0) is 161 Å². The normalized spacial score (nSPS) is 25.4. The Labute approximate surface area is 410 Å². The quantitative estimate of drug-likeness (QED) is 0.0705. The first-order chi connectivity index (χ1) is 33.2. The van der Waals surface area contributed by atoms with Gasteiger partial charge in [-0.25, -0.2) is 0 Å². The minimum absolute atomic E-state index is 0.289. The van der Waals surface area contributed by atoms with Crippen LogP contribution in [0.2, 0.25) is 0 Å². The Kier molecular flexibility index (Phi) is 24.4. The molecule has 386 valence electrons. The van der Waals surface area contributed by atoms with Crippen molar-refractivity contribution in [1.82, 2.24) is 0 Å². The number of hydrogen-bond donors (Lipinski definition) is 0. The van der Waals surface area contributed by atoms with E-state index in [1.54, 1.807) is 12.1 Å². The van der Waals surface area contributed by atoms with Crippen molar-refractivity contribution in [3.05, 3.63) is 59.7 Å². The largest absolute Gasteiger partial charge is 0.461 e. The summed E-state index contributed by atoms with van der Waals surface area (Å²) in [6, 6.07) is 11.2. The molecule has 0 saturated heterocycles. The van der Waals surface area contributed by atoms with E-state index >= 15 is 0 Å². The minimum Gasteiger partial charge on any atom is -0.428 e. The van der Waals surface area contributed by atoms with Crippen LogP contribution >= 0.6 is 0 Å². The third-order valence-corrected chi connectivity index (χ3v) is 15.9. The first kappa shape index (κ1) is 56.5. The average Bonchev–Trinajstić information content (AvgIpc) is 3.35. The highest BCUT2D eigenvalue weighted by Crippen LogP contribution is 2.44. The maximum Gasteiger partial charge on any atom is 0.461 e. The maximum absolute atomic E-state index is 13.0. The Bertz CT molecular complexity index is 1810. The van der Waals surface area contributed by atoms with Gasteiger partial charge in [-0.1, -0.05) is 147 Å². The highest BCUT2D eigenvalue weighted by atomic mass is 19.3. The molecule has 0 bridgehead atoms. The summed E-state index contributed by atoms with van der Waals surface area (Å²) in [5.74, 6) is 18.5. The van der Waals surface area contributed by atoms with Crippen molar-refractivity contribution in [2.75, 3.05) is 0 Å². The molecule has 4 aliphatic carbocycles. The molecule has 4 saturated carbocycles. The summed E-state index contributed by atoms with van der Waals surface area (Å²) in [6.07, 6.45) is 22.2. The highest BCUT2D eigenvalue weighted by Gasteiger charge is 2.45. The molecule has 69 heavy (non-hydrogen) atoms. The maximum atomic E-state index is 13.0. The van der Waals surface area contributed by atoms with Crippen molar-refractivity contribution in [2.45, 2.75) is 225 Å². The van der Waals surface area contributed by atoms with Crippen LogP contribution in [0, 0.1) is 71.0 Å². The fourth-order valence-corrected chi connectivity index (χ4v) is 11.6. The molecular formula is C59H82F8O2. The van der Waals surface area contributed by atoms with E-state index in [1.807, 2.05) is 0 Å². The SMILES string of the molecule is CCCCCCCC[C@H]1CC[C@H](C2CCC(C#Cc3ccc(OC(F)(F)C(F)F)cc3)CC2)CC1.CCCCCCC[C@H]1CC[C@H](C2CCC(C#Cc3ccc(OC(F)(F)C(F)F)cc3)CC2)CC1. The van der Waals surface area contributed by atoms with Gasteiger partial charge < -0.3 is 9.47 Å². The molecule has 0 N–H and O–H groups in total. The van der Waals surface area contributed by atoms with E-state index in [9.17, 15) is 35.1 Å². The molecule has 0 radical (unpaired) electrons. The van der Waals surface area contributed by atoms with Gasteiger partial charge in [-0.3, -0.25) is 0 Å². The summed E-state index contributed by atoms with van der Waals surface area (Å²) < 4.78 is 109. The van der Waals surface area contributed by atoms with E-state index in [-0.39, 0.29) is 11.5 Å². The monoisotopic (exact) mass is 975 g/mol. The Hall–Kier alpha value is -3.40. The van der Waals surface area contributed by atoms with Crippen molar-refractivity contribution in [1.29, 1.82) is 0 Å². The van der Waals surface area contributed by atoms with Gasteiger partial charge in [-0.15, -0.1) is 0 Å². The summed E-state index contributed by atoms with van der Waals surface area (Å²) in [5.41, 5.74) is 1.37. The molecule has 0 heterocycles. The van der Waals surface area contributed by atoms with Crippen molar-refractivity contribution in [2.24, 2.45) is 47.3 Å². The average molecular weight is 975 g/mol. The fourth-order valence-electron chi connectivity index (χ4n) is 11.6. The number of halogens is 8. The molecule has 0 spiro atoms. The molecule has 0 aliphatic heterocycles. The standard InChI is InChI=1S/C30H42F4O.C29H40F4O/c1-2-3-4-5-6-7-8-23-11-17-26(18-12-23)27-19-13-24(14-20-27)9-10-25-15-21-28(22-16-25)35-30(33,34)29(31)32;1-2-3-4-5-6-7-22-10-16-25(17-11-22)26-18-12-23(13-19-26)8-9-24-14-20-27(21-15-24)34-29(32,33)28(30)31/h15-16,21-24,26-27,29H,2-8,11-14,17-20H2,1H3;14-15,20-23,25-26,28H,2-7,10-13,16-19H2,1H3/t23-,24?,26-,27?;22-,23?,25-,26?. The van der Waals surface area contributed by atoms with Gasteiger partial charge in [0.05, 0.1) is 0 Å². The lowest BCUT2D eigenvalue weighted by Gasteiger charge is -2.37. The molecule has 10 heteroatoms. The number of hydrogen-bond acceptors (Lipinski definition) is 2. The zero-order chi connectivity index (χ0) is 49.5. The lowest BCUT2D eigenvalue weighted by molar-refractivity contribution is -0.253. The third-order valence-electron chi connectivity index (χ3n) is 15.9. The fraction of sp³-hybridized carbons (Fsp3) is 0.729. The van der Waals surface area contributed by atoms with Crippen LogP contribution < -0.4 is 9.47 Å². The van der Waals surface area contributed by atoms with Crippen LogP contribution in [0.4, 0.5) is 35.1 Å². The molecule has 0 amide bonds. The topological polar surface area (TPSA) is 18.5 Å². The van der Waals surface area contributed by atoms with Crippen molar-refractivity contribution in [3.8, 4) is 35.2 Å². The van der Waals surface area contributed by atoms with Gasteiger partial charge in [0, 0.05) is 23.0 Å². The first-order valence-corrected chi connectivity index (χ1v) is 27.2. The second kappa shape index (κ2) is 29.8. The molecule has 2 nitrogen and oxygen atoms in total. The van der Waals surface area contributed by atoms with Crippen LogP contribution in [0.3, 0.4) is 0 Å².